The van der Waals surface area contributed by atoms with Crippen molar-refractivity contribution in [3.8, 4) is 5.75 Å². The Morgan fingerprint density at radius 1 is 1.37 bits per heavy atom. The number of fused-ring (bicyclic) bond motifs is 1. The smallest absolute Gasteiger partial charge is 0.125 e. The van der Waals surface area contributed by atoms with Crippen LogP contribution in [0.4, 0.5) is 0 Å². The standard InChI is InChI=1S/C16H24ClNO/c1-4-16(3,11-18-5-2)10-13-9-14(17)8-12-6-7-19-15(12)13/h8-9,18H,4-7,10-11H2,1-3H3. The second-order valence-corrected chi connectivity index (χ2v) is 6.21. The first-order valence-electron chi connectivity index (χ1n) is 7.23. The molecule has 1 heterocycles. The molecule has 0 aromatic heterocycles. The minimum Gasteiger partial charge on any atom is -0.493 e. The molecule has 2 rings (SSSR count). The third-order valence-electron chi connectivity index (χ3n) is 4.10. The van der Waals surface area contributed by atoms with Gasteiger partial charge in [0.25, 0.3) is 0 Å². The quantitative estimate of drug-likeness (QED) is 0.855. The van der Waals surface area contributed by atoms with E-state index in [1.54, 1.807) is 0 Å². The van der Waals surface area contributed by atoms with E-state index in [9.17, 15) is 0 Å². The van der Waals surface area contributed by atoms with E-state index >= 15 is 0 Å². The van der Waals surface area contributed by atoms with Crippen LogP contribution < -0.4 is 10.1 Å². The Morgan fingerprint density at radius 3 is 2.84 bits per heavy atom. The Bertz CT molecular complexity index is 447. The number of halogens is 1. The molecule has 0 spiro atoms. The summed E-state index contributed by atoms with van der Waals surface area (Å²) >= 11 is 6.23. The van der Waals surface area contributed by atoms with Gasteiger partial charge in [-0.2, -0.15) is 0 Å². The largest absolute Gasteiger partial charge is 0.493 e. The van der Waals surface area contributed by atoms with Gasteiger partial charge in [-0.25, -0.2) is 0 Å². The predicted molar refractivity (Wildman–Crippen MR) is 81.3 cm³/mol. The summed E-state index contributed by atoms with van der Waals surface area (Å²) in [5, 5.41) is 4.30. The zero-order chi connectivity index (χ0) is 13.9. The molecule has 0 radical (unpaired) electrons. The van der Waals surface area contributed by atoms with Crippen LogP contribution in [0.15, 0.2) is 12.1 Å². The van der Waals surface area contributed by atoms with Gasteiger partial charge in [0.15, 0.2) is 0 Å². The maximum absolute atomic E-state index is 6.23. The molecule has 0 aliphatic carbocycles. The summed E-state index contributed by atoms with van der Waals surface area (Å²) < 4.78 is 5.80. The highest BCUT2D eigenvalue weighted by Gasteiger charge is 2.26. The Morgan fingerprint density at radius 2 is 2.16 bits per heavy atom. The van der Waals surface area contributed by atoms with Crippen LogP contribution in [0.25, 0.3) is 0 Å². The SMILES string of the molecule is CCNCC(C)(CC)Cc1cc(Cl)cc2c1OCC2. The first kappa shape index (κ1) is 14.7. The molecule has 1 N–H and O–H groups in total. The lowest BCUT2D eigenvalue weighted by Crippen LogP contribution is -2.33. The highest BCUT2D eigenvalue weighted by atomic mass is 35.5. The van der Waals surface area contributed by atoms with Gasteiger partial charge in [-0.05, 0) is 48.1 Å². The number of hydrogen-bond donors (Lipinski definition) is 1. The number of benzene rings is 1. The Hall–Kier alpha value is -0.730. The molecule has 1 atom stereocenters. The van der Waals surface area contributed by atoms with Crippen molar-refractivity contribution in [1.29, 1.82) is 0 Å². The highest BCUT2D eigenvalue weighted by molar-refractivity contribution is 6.30. The Balaban J connectivity index is 2.22. The van der Waals surface area contributed by atoms with E-state index in [0.717, 1.165) is 49.7 Å². The van der Waals surface area contributed by atoms with Crippen molar-refractivity contribution in [3.63, 3.8) is 0 Å². The van der Waals surface area contributed by atoms with Gasteiger partial charge in [0, 0.05) is 18.0 Å². The van der Waals surface area contributed by atoms with Crippen LogP contribution >= 0.6 is 11.6 Å². The highest BCUT2D eigenvalue weighted by Crippen LogP contribution is 2.37. The average Bonchev–Trinajstić information content (AvgIpc) is 2.84. The maximum Gasteiger partial charge on any atom is 0.125 e. The van der Waals surface area contributed by atoms with Crippen LogP contribution in [0, 0.1) is 5.41 Å². The fourth-order valence-electron chi connectivity index (χ4n) is 2.68. The minimum absolute atomic E-state index is 0.250. The molecule has 106 valence electrons. The predicted octanol–water partition coefficient (Wildman–Crippen LogP) is 3.84. The van der Waals surface area contributed by atoms with Gasteiger partial charge in [-0.3, -0.25) is 0 Å². The van der Waals surface area contributed by atoms with Gasteiger partial charge in [0.05, 0.1) is 6.61 Å². The number of nitrogens with one attached hydrogen (secondary N) is 1. The van der Waals surface area contributed by atoms with Gasteiger partial charge in [0.2, 0.25) is 0 Å². The minimum atomic E-state index is 0.250. The van der Waals surface area contributed by atoms with Crippen molar-refractivity contribution < 1.29 is 4.74 Å². The summed E-state index contributed by atoms with van der Waals surface area (Å²) in [4.78, 5) is 0. The summed E-state index contributed by atoms with van der Waals surface area (Å²) in [6.07, 6.45) is 3.14. The van der Waals surface area contributed by atoms with Crippen LogP contribution in [0.5, 0.6) is 5.75 Å². The Labute approximate surface area is 121 Å². The van der Waals surface area contributed by atoms with Crippen LogP contribution in [-0.2, 0) is 12.8 Å². The Kier molecular flexibility index (Phi) is 4.75. The van der Waals surface area contributed by atoms with E-state index in [2.05, 4.69) is 32.2 Å². The van der Waals surface area contributed by atoms with Gasteiger partial charge >= 0.3 is 0 Å². The van der Waals surface area contributed by atoms with Crippen molar-refractivity contribution >= 4 is 11.6 Å². The molecule has 19 heavy (non-hydrogen) atoms. The first-order valence-corrected chi connectivity index (χ1v) is 7.60. The molecular formula is C16H24ClNO. The summed E-state index contributed by atoms with van der Waals surface area (Å²) in [5.41, 5.74) is 2.78. The molecule has 1 aliphatic rings. The zero-order valence-electron chi connectivity index (χ0n) is 12.2. The molecule has 0 bridgehead atoms. The van der Waals surface area contributed by atoms with Crippen molar-refractivity contribution in [3.05, 3.63) is 28.3 Å². The van der Waals surface area contributed by atoms with E-state index in [1.807, 2.05) is 6.07 Å². The number of ether oxygens (including phenoxy) is 1. The van der Waals surface area contributed by atoms with Gasteiger partial charge in [0.1, 0.15) is 5.75 Å². The van der Waals surface area contributed by atoms with E-state index in [4.69, 9.17) is 16.3 Å². The maximum atomic E-state index is 6.23. The number of hydrogen-bond acceptors (Lipinski definition) is 2. The fourth-order valence-corrected chi connectivity index (χ4v) is 2.94. The third-order valence-corrected chi connectivity index (χ3v) is 4.32. The molecule has 1 aromatic rings. The molecule has 0 saturated heterocycles. The van der Waals surface area contributed by atoms with Crippen LogP contribution in [0.2, 0.25) is 5.02 Å². The molecule has 1 aliphatic heterocycles. The molecule has 1 unspecified atom stereocenters. The summed E-state index contributed by atoms with van der Waals surface area (Å²) in [5.74, 6) is 1.08. The molecule has 2 nitrogen and oxygen atoms in total. The molecule has 1 aromatic carbocycles. The third kappa shape index (κ3) is 3.43. The lowest BCUT2D eigenvalue weighted by Gasteiger charge is -2.29. The normalized spacial score (nSPS) is 16.8. The second kappa shape index (κ2) is 6.15. The van der Waals surface area contributed by atoms with Gasteiger partial charge in [-0.15, -0.1) is 0 Å². The van der Waals surface area contributed by atoms with Crippen LogP contribution in [0.1, 0.15) is 38.3 Å². The van der Waals surface area contributed by atoms with Crippen LogP contribution in [0.3, 0.4) is 0 Å². The molecular weight excluding hydrogens is 258 g/mol. The van der Waals surface area contributed by atoms with Gasteiger partial charge in [-0.1, -0.05) is 32.4 Å². The average molecular weight is 282 g/mol. The van der Waals surface area contributed by atoms with E-state index < -0.39 is 0 Å². The molecule has 3 heteroatoms. The van der Waals surface area contributed by atoms with E-state index in [1.165, 1.54) is 11.1 Å². The van der Waals surface area contributed by atoms with Crippen molar-refractivity contribution in [2.45, 2.75) is 40.0 Å². The van der Waals surface area contributed by atoms with Crippen molar-refractivity contribution in [2.75, 3.05) is 19.7 Å². The first-order chi connectivity index (χ1) is 9.08. The second-order valence-electron chi connectivity index (χ2n) is 5.77. The van der Waals surface area contributed by atoms with Gasteiger partial charge < -0.3 is 10.1 Å². The zero-order valence-corrected chi connectivity index (χ0v) is 12.9. The molecule has 0 amide bonds. The van der Waals surface area contributed by atoms with Crippen molar-refractivity contribution in [2.24, 2.45) is 5.41 Å². The summed E-state index contributed by atoms with van der Waals surface area (Å²) in [6, 6.07) is 4.12. The summed E-state index contributed by atoms with van der Waals surface area (Å²) in [6.45, 7) is 9.57. The number of rotatable bonds is 6. The molecule has 0 fully saturated rings. The lowest BCUT2D eigenvalue weighted by molar-refractivity contribution is 0.285. The van der Waals surface area contributed by atoms with E-state index in [0.29, 0.717) is 0 Å². The topological polar surface area (TPSA) is 21.3 Å². The fraction of sp³-hybridized carbons (Fsp3) is 0.625. The van der Waals surface area contributed by atoms with Crippen LogP contribution in [-0.4, -0.2) is 19.7 Å². The summed E-state index contributed by atoms with van der Waals surface area (Å²) in [7, 11) is 0. The van der Waals surface area contributed by atoms with E-state index in [-0.39, 0.29) is 5.41 Å². The monoisotopic (exact) mass is 281 g/mol. The molecule has 0 saturated carbocycles. The van der Waals surface area contributed by atoms with Crippen molar-refractivity contribution in [1.82, 2.24) is 5.32 Å². The lowest BCUT2D eigenvalue weighted by atomic mass is 9.80.